The largest absolute Gasteiger partial charge is 0.504 e. The second kappa shape index (κ2) is 8.87. The first-order valence-electron chi connectivity index (χ1n) is 8.60. The molecule has 0 fully saturated rings. The van der Waals surface area contributed by atoms with Crippen LogP contribution < -0.4 is 19.5 Å². The zero-order valence-corrected chi connectivity index (χ0v) is 15.5. The van der Waals surface area contributed by atoms with Crippen LogP contribution in [0.3, 0.4) is 0 Å². The normalized spacial score (nSPS) is 13.1. The molecule has 29 heavy (non-hydrogen) atoms. The predicted molar refractivity (Wildman–Crippen MR) is 101 cm³/mol. The Hall–Kier alpha value is -3.88. The summed E-state index contributed by atoms with van der Waals surface area (Å²) in [5, 5.41) is 21.4. The SMILES string of the molecule is COc1ccc([C@@H](C/C=C/C(=O)O)OC(=O)Nc2ccc3c(c2)OCO3)cc1O. The lowest BCUT2D eigenvalue weighted by molar-refractivity contribution is -0.131. The minimum atomic E-state index is -1.12. The molecule has 1 aliphatic rings. The number of phenols is 1. The number of hydrogen-bond acceptors (Lipinski definition) is 7. The molecule has 2 aromatic rings. The van der Waals surface area contributed by atoms with Crippen LogP contribution in [-0.4, -0.2) is 36.2 Å². The molecule has 3 N–H and O–H groups in total. The van der Waals surface area contributed by atoms with Gasteiger partial charge in [0.25, 0.3) is 0 Å². The van der Waals surface area contributed by atoms with Gasteiger partial charge in [-0.25, -0.2) is 9.59 Å². The lowest BCUT2D eigenvalue weighted by atomic mass is 10.1. The maximum absolute atomic E-state index is 12.4. The molecule has 1 aliphatic heterocycles. The van der Waals surface area contributed by atoms with Gasteiger partial charge in [-0.15, -0.1) is 0 Å². The Balaban J connectivity index is 1.74. The van der Waals surface area contributed by atoms with E-state index in [0.29, 0.717) is 22.7 Å². The van der Waals surface area contributed by atoms with Gasteiger partial charge in [-0.3, -0.25) is 5.32 Å². The van der Waals surface area contributed by atoms with Crippen molar-refractivity contribution in [1.82, 2.24) is 0 Å². The molecule has 2 aromatic carbocycles. The Morgan fingerprint density at radius 2 is 2.00 bits per heavy atom. The number of rotatable bonds is 7. The van der Waals surface area contributed by atoms with Crippen LogP contribution in [0.1, 0.15) is 18.1 Å². The van der Waals surface area contributed by atoms with Gasteiger partial charge in [0.2, 0.25) is 6.79 Å². The van der Waals surface area contributed by atoms with Gasteiger partial charge < -0.3 is 29.2 Å². The van der Waals surface area contributed by atoms with Gasteiger partial charge in [0, 0.05) is 24.3 Å². The van der Waals surface area contributed by atoms with Crippen LogP contribution in [0.4, 0.5) is 10.5 Å². The third-order valence-corrected chi connectivity index (χ3v) is 4.05. The lowest BCUT2D eigenvalue weighted by Gasteiger charge is -2.18. The number of aromatic hydroxyl groups is 1. The smallest absolute Gasteiger partial charge is 0.412 e. The van der Waals surface area contributed by atoms with Crippen molar-refractivity contribution in [2.45, 2.75) is 12.5 Å². The summed E-state index contributed by atoms with van der Waals surface area (Å²) in [6.07, 6.45) is 0.814. The van der Waals surface area contributed by atoms with E-state index in [1.54, 1.807) is 24.3 Å². The molecule has 0 radical (unpaired) electrons. The second-order valence-corrected chi connectivity index (χ2v) is 5.99. The van der Waals surface area contributed by atoms with E-state index in [1.807, 2.05) is 0 Å². The summed E-state index contributed by atoms with van der Waals surface area (Å²) < 4.78 is 20.9. The summed E-state index contributed by atoms with van der Waals surface area (Å²) in [4.78, 5) is 23.1. The minimum Gasteiger partial charge on any atom is -0.504 e. The molecule has 0 bridgehead atoms. The van der Waals surface area contributed by atoms with Crippen molar-refractivity contribution in [2.24, 2.45) is 0 Å². The fourth-order valence-electron chi connectivity index (χ4n) is 2.70. The average Bonchev–Trinajstić information content (AvgIpc) is 3.14. The van der Waals surface area contributed by atoms with Crippen molar-refractivity contribution in [3.8, 4) is 23.0 Å². The molecule has 9 nitrogen and oxygen atoms in total. The minimum absolute atomic E-state index is 0.0899. The van der Waals surface area contributed by atoms with E-state index in [1.165, 1.54) is 25.3 Å². The van der Waals surface area contributed by atoms with Gasteiger partial charge in [-0.1, -0.05) is 12.1 Å². The number of fused-ring (bicyclic) bond motifs is 1. The van der Waals surface area contributed by atoms with Gasteiger partial charge in [0.15, 0.2) is 23.0 Å². The van der Waals surface area contributed by atoms with E-state index in [-0.39, 0.29) is 24.7 Å². The highest BCUT2D eigenvalue weighted by atomic mass is 16.7. The highest BCUT2D eigenvalue weighted by Crippen LogP contribution is 2.35. The summed E-state index contributed by atoms with van der Waals surface area (Å²) in [6, 6.07) is 9.43. The number of phenolic OH excluding ortho intramolecular Hbond substituents is 1. The molecule has 152 valence electrons. The van der Waals surface area contributed by atoms with Gasteiger partial charge in [0.05, 0.1) is 7.11 Å². The third kappa shape index (κ3) is 5.10. The number of ether oxygens (including phenoxy) is 4. The van der Waals surface area contributed by atoms with E-state index in [2.05, 4.69) is 5.32 Å². The number of carbonyl (C=O) groups is 2. The van der Waals surface area contributed by atoms with E-state index >= 15 is 0 Å². The number of aliphatic carboxylic acids is 1. The molecule has 1 amide bonds. The highest BCUT2D eigenvalue weighted by Gasteiger charge is 2.19. The third-order valence-electron chi connectivity index (χ3n) is 4.05. The quantitative estimate of drug-likeness (QED) is 0.603. The number of benzene rings is 2. The molecule has 0 aromatic heterocycles. The highest BCUT2D eigenvalue weighted by molar-refractivity contribution is 5.85. The summed E-state index contributed by atoms with van der Waals surface area (Å²) in [6.45, 7) is 0.113. The van der Waals surface area contributed by atoms with Crippen molar-refractivity contribution < 1.29 is 38.7 Å². The summed E-state index contributed by atoms with van der Waals surface area (Å²) in [5.74, 6) is 0.0969. The molecule has 9 heteroatoms. The molecule has 3 rings (SSSR count). The number of anilines is 1. The maximum atomic E-state index is 12.4. The number of nitrogens with one attached hydrogen (secondary N) is 1. The fraction of sp³-hybridized carbons (Fsp3) is 0.200. The molecule has 0 unspecified atom stereocenters. The molecule has 0 aliphatic carbocycles. The van der Waals surface area contributed by atoms with Crippen molar-refractivity contribution in [3.05, 3.63) is 54.1 Å². The number of carbonyl (C=O) groups excluding carboxylic acids is 1. The summed E-state index contributed by atoms with van der Waals surface area (Å²) in [5.41, 5.74) is 0.913. The van der Waals surface area contributed by atoms with Crippen molar-refractivity contribution >= 4 is 17.7 Å². The molecule has 1 heterocycles. The Bertz CT molecular complexity index is 940. The fourth-order valence-corrected chi connectivity index (χ4v) is 2.70. The standard InChI is InChI=1S/C20H19NO8/c1-26-16-7-5-12(9-14(16)22)15(3-2-4-19(23)24)29-20(25)21-13-6-8-17-18(10-13)28-11-27-17/h2,4-10,15,22H,3,11H2,1H3,(H,21,25)(H,23,24)/b4-2+/t15-/m1/s1. The first-order chi connectivity index (χ1) is 14.0. The molecule has 1 atom stereocenters. The molecular formula is C20H19NO8. The van der Waals surface area contributed by atoms with Crippen molar-refractivity contribution in [2.75, 3.05) is 19.2 Å². The second-order valence-electron chi connectivity index (χ2n) is 5.99. The van der Waals surface area contributed by atoms with E-state index in [9.17, 15) is 14.7 Å². The zero-order chi connectivity index (χ0) is 20.8. The zero-order valence-electron chi connectivity index (χ0n) is 15.5. The van der Waals surface area contributed by atoms with Gasteiger partial charge in [-0.05, 0) is 29.8 Å². The van der Waals surface area contributed by atoms with Crippen molar-refractivity contribution in [1.29, 1.82) is 0 Å². The van der Waals surface area contributed by atoms with Crippen LogP contribution in [0.25, 0.3) is 0 Å². The number of carboxylic acids is 1. The maximum Gasteiger partial charge on any atom is 0.412 e. The van der Waals surface area contributed by atoms with E-state index < -0.39 is 18.2 Å². The van der Waals surface area contributed by atoms with Crippen LogP contribution in [-0.2, 0) is 9.53 Å². The molecule has 0 spiro atoms. The van der Waals surface area contributed by atoms with Gasteiger partial charge >= 0.3 is 12.1 Å². The first-order valence-corrected chi connectivity index (χ1v) is 8.60. The van der Waals surface area contributed by atoms with E-state index in [0.717, 1.165) is 6.08 Å². The first kappa shape index (κ1) is 19.9. The van der Waals surface area contributed by atoms with Gasteiger partial charge in [0.1, 0.15) is 6.10 Å². The Morgan fingerprint density at radius 1 is 1.21 bits per heavy atom. The van der Waals surface area contributed by atoms with Crippen LogP contribution in [0.5, 0.6) is 23.0 Å². The van der Waals surface area contributed by atoms with Crippen molar-refractivity contribution in [3.63, 3.8) is 0 Å². The van der Waals surface area contributed by atoms with Gasteiger partial charge in [-0.2, -0.15) is 0 Å². The number of carboxylic acid groups (broad SMARTS) is 1. The lowest BCUT2D eigenvalue weighted by Crippen LogP contribution is -2.17. The predicted octanol–water partition coefficient (Wildman–Crippen LogP) is 3.45. The number of amides is 1. The average molecular weight is 401 g/mol. The molecular weight excluding hydrogens is 382 g/mol. The number of hydrogen-bond donors (Lipinski definition) is 3. The topological polar surface area (TPSA) is 124 Å². The number of methoxy groups -OCH3 is 1. The van der Waals surface area contributed by atoms with E-state index in [4.69, 9.17) is 24.1 Å². The van der Waals surface area contributed by atoms with Crippen LogP contribution >= 0.6 is 0 Å². The molecule has 0 saturated carbocycles. The Kier molecular flexibility index (Phi) is 6.08. The summed E-state index contributed by atoms with van der Waals surface area (Å²) >= 11 is 0. The van der Waals surface area contributed by atoms with Crippen LogP contribution in [0.2, 0.25) is 0 Å². The van der Waals surface area contributed by atoms with Crippen LogP contribution in [0, 0.1) is 0 Å². The Morgan fingerprint density at radius 3 is 2.72 bits per heavy atom. The monoisotopic (exact) mass is 401 g/mol. The Labute approximate surface area is 166 Å². The summed E-state index contributed by atoms with van der Waals surface area (Å²) in [7, 11) is 1.41. The molecule has 0 saturated heterocycles. The van der Waals surface area contributed by atoms with Crippen LogP contribution in [0.15, 0.2) is 48.6 Å².